The highest BCUT2D eigenvalue weighted by molar-refractivity contribution is 6.24. The number of hydrogen-bond donors (Lipinski definition) is 0. The summed E-state index contributed by atoms with van der Waals surface area (Å²) in [5, 5.41) is 3.90. The molecule has 0 spiro atoms. The lowest BCUT2D eigenvalue weighted by Gasteiger charge is -2.25. The highest BCUT2D eigenvalue weighted by Crippen LogP contribution is 2.39. The molecule has 0 atom stereocenters. The van der Waals surface area contributed by atoms with Crippen molar-refractivity contribution in [1.29, 1.82) is 0 Å². The molecule has 0 saturated heterocycles. The summed E-state index contributed by atoms with van der Waals surface area (Å²) >= 11 is 0. The summed E-state index contributed by atoms with van der Waals surface area (Å²) in [4.78, 5) is 46.2. The second-order valence-electron chi connectivity index (χ2n) is 16.3. The number of esters is 1. The second kappa shape index (κ2) is 18.3. The summed E-state index contributed by atoms with van der Waals surface area (Å²) in [6.07, 6.45) is 14.3. The molecule has 9 heteroatoms. The third-order valence-corrected chi connectivity index (χ3v) is 12.1. The van der Waals surface area contributed by atoms with Gasteiger partial charge in [0.2, 0.25) is 0 Å². The zero-order valence-electron chi connectivity index (χ0n) is 33.3. The molecule has 2 fully saturated rings. The number of hydrogen-bond acceptors (Lipinski definition) is 9. The van der Waals surface area contributed by atoms with E-state index in [1.807, 2.05) is 18.2 Å². The maximum Gasteiger partial charge on any atom is 0.343 e. The lowest BCUT2D eigenvalue weighted by molar-refractivity contribution is -0.112. The molecular formula is C49H52N2O7. The summed E-state index contributed by atoms with van der Waals surface area (Å²) in [5.74, 6) is 3.33. The van der Waals surface area contributed by atoms with E-state index in [-0.39, 0.29) is 11.8 Å². The maximum absolute atomic E-state index is 13.2. The molecule has 9 nitrogen and oxygen atoms in total. The Kier molecular flexibility index (Phi) is 12.4. The minimum Gasteiger partial charge on any atom is -0.494 e. The topological polar surface area (TPSA) is 114 Å². The molecule has 1 aromatic heterocycles. The number of carbonyl (C=O) groups is 3. The van der Waals surface area contributed by atoms with Crippen LogP contribution in [0.25, 0.3) is 43.6 Å². The van der Waals surface area contributed by atoms with Gasteiger partial charge in [-0.2, -0.15) is 0 Å². The molecule has 5 aromatic carbocycles. The van der Waals surface area contributed by atoms with Crippen LogP contribution in [0.5, 0.6) is 23.0 Å². The van der Waals surface area contributed by atoms with E-state index >= 15 is 0 Å². The van der Waals surface area contributed by atoms with Crippen molar-refractivity contribution in [2.45, 2.75) is 84.0 Å². The Balaban J connectivity index is 1.08. The van der Waals surface area contributed by atoms with Gasteiger partial charge in [-0.3, -0.25) is 0 Å². The van der Waals surface area contributed by atoms with Gasteiger partial charge in [-0.25, -0.2) is 14.8 Å². The van der Waals surface area contributed by atoms with Crippen molar-refractivity contribution in [1.82, 2.24) is 9.97 Å². The van der Waals surface area contributed by atoms with Gasteiger partial charge in [-0.1, -0.05) is 26.2 Å². The first-order chi connectivity index (χ1) is 28.5. The molecule has 0 amide bonds. The minimum absolute atomic E-state index is 0.166. The fraction of sp³-hybridized carbons (Fsp3) is 0.408. The Labute approximate surface area is 339 Å². The van der Waals surface area contributed by atoms with E-state index in [1.54, 1.807) is 36.4 Å². The molecule has 2 saturated carbocycles. The molecule has 2 aliphatic carbocycles. The van der Waals surface area contributed by atoms with Crippen molar-refractivity contribution < 1.29 is 33.3 Å². The maximum atomic E-state index is 13.2. The minimum atomic E-state index is -0.468. The van der Waals surface area contributed by atoms with Gasteiger partial charge in [0.05, 0.1) is 47.5 Å². The van der Waals surface area contributed by atoms with E-state index in [0.29, 0.717) is 59.5 Å². The van der Waals surface area contributed by atoms with Crippen molar-refractivity contribution in [3.63, 3.8) is 0 Å². The summed E-state index contributed by atoms with van der Waals surface area (Å²) in [6.45, 7) is 4.04. The van der Waals surface area contributed by atoms with Crippen LogP contribution in [0.2, 0.25) is 0 Å². The fourth-order valence-electron chi connectivity index (χ4n) is 8.54. The van der Waals surface area contributed by atoms with Crippen LogP contribution in [-0.2, 0) is 9.59 Å². The molecular weight excluding hydrogens is 729 g/mol. The molecule has 58 heavy (non-hydrogen) atoms. The number of ether oxygens (including phenoxy) is 4. The lowest BCUT2D eigenvalue weighted by atomic mass is 9.83. The van der Waals surface area contributed by atoms with Gasteiger partial charge in [0, 0.05) is 28.7 Å². The normalized spacial score (nSPS) is 19.6. The predicted molar refractivity (Wildman–Crippen MR) is 227 cm³/mol. The molecule has 2 aliphatic rings. The third-order valence-electron chi connectivity index (χ3n) is 12.1. The number of unbranched alkanes of at least 4 members (excludes halogenated alkanes) is 3. The average Bonchev–Trinajstić information content (AvgIpc) is 3.27. The van der Waals surface area contributed by atoms with Crippen LogP contribution in [0, 0.1) is 23.7 Å². The Morgan fingerprint density at radius 1 is 0.569 bits per heavy atom. The molecule has 300 valence electrons. The molecule has 6 aromatic rings. The predicted octanol–water partition coefficient (Wildman–Crippen LogP) is 11.0. The van der Waals surface area contributed by atoms with E-state index in [1.165, 1.54) is 12.8 Å². The number of rotatable bonds is 16. The van der Waals surface area contributed by atoms with Gasteiger partial charge in [0.1, 0.15) is 35.6 Å². The van der Waals surface area contributed by atoms with Gasteiger partial charge in [-0.15, -0.1) is 0 Å². The number of nitrogens with zero attached hydrogens (tertiary/aromatic N) is 2. The van der Waals surface area contributed by atoms with Crippen molar-refractivity contribution in [2.24, 2.45) is 23.7 Å². The quantitative estimate of drug-likeness (QED) is 0.0236. The van der Waals surface area contributed by atoms with Crippen LogP contribution in [0.15, 0.2) is 78.9 Å². The van der Waals surface area contributed by atoms with Crippen LogP contribution >= 0.6 is 0 Å². The van der Waals surface area contributed by atoms with Crippen LogP contribution in [0.4, 0.5) is 0 Å². The fourth-order valence-corrected chi connectivity index (χ4v) is 8.54. The number of aldehydes is 2. The largest absolute Gasteiger partial charge is 0.494 e. The van der Waals surface area contributed by atoms with Gasteiger partial charge in [0.15, 0.2) is 0 Å². The molecule has 0 aliphatic heterocycles. The van der Waals surface area contributed by atoms with Gasteiger partial charge < -0.3 is 28.5 Å². The van der Waals surface area contributed by atoms with Crippen molar-refractivity contribution >= 4 is 62.2 Å². The highest BCUT2D eigenvalue weighted by Gasteiger charge is 2.23. The summed E-state index contributed by atoms with van der Waals surface area (Å²) in [5.41, 5.74) is 3.15. The van der Waals surface area contributed by atoms with Crippen molar-refractivity contribution in [3.05, 3.63) is 84.4 Å². The number of fused-ring (bicyclic) bond motifs is 7. The highest BCUT2D eigenvalue weighted by atomic mass is 16.5. The number of aromatic nitrogens is 2. The van der Waals surface area contributed by atoms with Crippen LogP contribution in [0.1, 0.15) is 94.3 Å². The van der Waals surface area contributed by atoms with Crippen molar-refractivity contribution in [2.75, 3.05) is 19.8 Å². The standard InChI is InChI=1S/C49H52N2O7/c1-2-3-4-5-24-55-37-16-14-36(15-17-37)49(54)58-40-20-23-45-46(27-40)51-48-44-26-39(57-31-35-12-8-33(29-53)9-13-35)19-22-42(44)41-21-18-38(25-43(41)47(48)50-45)56-30-34-10-6-32(28-52)7-11-34/h14-23,25-29,32-35H,2-13,24,30-31H2,1H3. The van der Waals surface area contributed by atoms with E-state index in [4.69, 9.17) is 28.9 Å². The first-order valence-electron chi connectivity index (χ1n) is 21.2. The van der Waals surface area contributed by atoms with E-state index in [2.05, 4.69) is 31.2 Å². The number of carbonyl (C=O) groups excluding carboxylic acids is 3. The summed E-state index contributed by atoms with van der Waals surface area (Å²) in [6, 6.07) is 24.7. The zero-order valence-corrected chi connectivity index (χ0v) is 33.3. The monoisotopic (exact) mass is 780 g/mol. The Bertz CT molecular complexity index is 2400. The second-order valence-corrected chi connectivity index (χ2v) is 16.3. The summed E-state index contributed by atoms with van der Waals surface area (Å²) < 4.78 is 24.5. The van der Waals surface area contributed by atoms with Gasteiger partial charge in [0.25, 0.3) is 0 Å². The van der Waals surface area contributed by atoms with E-state index in [9.17, 15) is 14.4 Å². The Morgan fingerprint density at radius 3 is 1.66 bits per heavy atom. The van der Waals surface area contributed by atoms with Crippen LogP contribution in [-0.4, -0.2) is 48.3 Å². The van der Waals surface area contributed by atoms with Gasteiger partial charge in [-0.05, 0) is 153 Å². The molecule has 1 heterocycles. The molecule has 8 rings (SSSR count). The van der Waals surface area contributed by atoms with E-state index < -0.39 is 5.97 Å². The average molecular weight is 781 g/mol. The third kappa shape index (κ3) is 9.09. The molecule has 0 unspecified atom stereocenters. The molecule has 0 N–H and O–H groups in total. The SMILES string of the molecule is CCCCCCOc1ccc(C(=O)Oc2ccc3nc4c5cc(OCC6CCC(C=O)CC6)ccc5c5ccc(OCC6CCC(C=O)CC6)cc5c4nc3c2)cc1. The first kappa shape index (κ1) is 39.3. The lowest BCUT2D eigenvalue weighted by Crippen LogP contribution is -2.20. The van der Waals surface area contributed by atoms with Crippen molar-refractivity contribution in [3.8, 4) is 23.0 Å². The smallest absolute Gasteiger partial charge is 0.343 e. The van der Waals surface area contributed by atoms with E-state index in [0.717, 1.165) is 121 Å². The summed E-state index contributed by atoms with van der Waals surface area (Å²) in [7, 11) is 0. The Hall–Kier alpha value is -5.57. The van der Waals surface area contributed by atoms with Gasteiger partial charge >= 0.3 is 5.97 Å². The molecule has 0 radical (unpaired) electrons. The van der Waals surface area contributed by atoms with Crippen LogP contribution in [0.3, 0.4) is 0 Å². The zero-order chi connectivity index (χ0) is 39.8. The van der Waals surface area contributed by atoms with Crippen LogP contribution < -0.4 is 18.9 Å². The first-order valence-corrected chi connectivity index (χ1v) is 21.2. The Morgan fingerprint density at radius 2 is 1.10 bits per heavy atom. The number of benzene rings is 5. The molecule has 0 bridgehead atoms.